The van der Waals surface area contributed by atoms with Gasteiger partial charge in [0.15, 0.2) is 0 Å². The van der Waals surface area contributed by atoms with Crippen LogP contribution in [0.2, 0.25) is 0 Å². The summed E-state index contributed by atoms with van der Waals surface area (Å²) in [5, 5.41) is 0. The van der Waals surface area contributed by atoms with Crippen LogP contribution in [0.5, 0.6) is 0 Å². The molecule has 27 heavy (non-hydrogen) atoms. The van der Waals surface area contributed by atoms with Crippen LogP contribution in [-0.2, 0) is 4.74 Å². The Kier molecular flexibility index (Phi) is 5.61. The van der Waals surface area contributed by atoms with Gasteiger partial charge in [0.25, 0.3) is 0 Å². The first-order valence-corrected chi connectivity index (χ1v) is 9.48. The molecular formula is C24H24N2O. The van der Waals surface area contributed by atoms with Crippen LogP contribution >= 0.6 is 0 Å². The second-order valence-electron chi connectivity index (χ2n) is 6.66. The molecule has 1 aliphatic heterocycles. The highest BCUT2D eigenvalue weighted by Gasteiger charge is 2.26. The lowest BCUT2D eigenvalue weighted by Crippen LogP contribution is -2.43. The minimum Gasteiger partial charge on any atom is -0.378 e. The summed E-state index contributed by atoms with van der Waals surface area (Å²) < 4.78 is 5.59. The lowest BCUT2D eigenvalue weighted by Gasteiger charge is -2.34. The molecule has 0 spiro atoms. The highest BCUT2D eigenvalue weighted by Crippen LogP contribution is 2.30. The van der Waals surface area contributed by atoms with Crippen LogP contribution < -0.4 is 0 Å². The molecule has 136 valence electrons. The summed E-state index contributed by atoms with van der Waals surface area (Å²) in [4.78, 5) is 7.50. The quantitative estimate of drug-likeness (QED) is 0.492. The molecule has 3 nitrogen and oxygen atoms in total. The predicted octanol–water partition coefficient (Wildman–Crippen LogP) is 4.88. The molecule has 0 N–H and O–H groups in total. The Morgan fingerprint density at radius 2 is 1.19 bits per heavy atom. The second-order valence-corrected chi connectivity index (χ2v) is 6.66. The molecule has 1 heterocycles. The maximum absolute atomic E-state index is 5.59. The van der Waals surface area contributed by atoms with Crippen molar-refractivity contribution >= 4 is 11.5 Å². The fourth-order valence-corrected chi connectivity index (χ4v) is 3.53. The summed E-state index contributed by atoms with van der Waals surface area (Å²) in [6.07, 6.45) is 0. The zero-order valence-electron chi connectivity index (χ0n) is 15.4. The minimum absolute atomic E-state index is 0.0886. The Morgan fingerprint density at radius 3 is 1.70 bits per heavy atom. The van der Waals surface area contributed by atoms with Gasteiger partial charge in [-0.1, -0.05) is 78.9 Å². The first-order chi connectivity index (χ1) is 13.4. The van der Waals surface area contributed by atoms with Gasteiger partial charge in [-0.05, 0) is 23.3 Å². The highest BCUT2D eigenvalue weighted by molar-refractivity contribution is 5.94. The SMILES string of the molecule is c1ccc(N=C(C(c2ccccc2)c2ccccc2)N2CCOCC2)cc1. The molecule has 0 unspecified atom stereocenters. The molecular weight excluding hydrogens is 332 g/mol. The smallest absolute Gasteiger partial charge is 0.117 e. The van der Waals surface area contributed by atoms with Crippen molar-refractivity contribution in [2.75, 3.05) is 26.3 Å². The molecule has 0 radical (unpaired) electrons. The Hall–Kier alpha value is -2.91. The van der Waals surface area contributed by atoms with Crippen molar-refractivity contribution in [1.82, 2.24) is 4.90 Å². The van der Waals surface area contributed by atoms with Gasteiger partial charge in [-0.25, -0.2) is 4.99 Å². The molecule has 0 aromatic heterocycles. The van der Waals surface area contributed by atoms with Crippen molar-refractivity contribution in [3.63, 3.8) is 0 Å². The Bertz CT molecular complexity index is 817. The van der Waals surface area contributed by atoms with E-state index >= 15 is 0 Å². The maximum atomic E-state index is 5.59. The van der Waals surface area contributed by atoms with Crippen LogP contribution in [0.25, 0.3) is 0 Å². The number of hydrogen-bond acceptors (Lipinski definition) is 2. The van der Waals surface area contributed by atoms with E-state index in [9.17, 15) is 0 Å². The van der Waals surface area contributed by atoms with Crippen molar-refractivity contribution in [3.8, 4) is 0 Å². The lowest BCUT2D eigenvalue weighted by molar-refractivity contribution is 0.0670. The molecule has 0 saturated carbocycles. The van der Waals surface area contributed by atoms with E-state index in [0.29, 0.717) is 0 Å². The number of benzene rings is 3. The largest absolute Gasteiger partial charge is 0.378 e. The summed E-state index contributed by atoms with van der Waals surface area (Å²) >= 11 is 0. The Morgan fingerprint density at radius 1 is 0.704 bits per heavy atom. The van der Waals surface area contributed by atoms with Crippen molar-refractivity contribution in [2.45, 2.75) is 5.92 Å². The number of hydrogen-bond donors (Lipinski definition) is 0. The van der Waals surface area contributed by atoms with Crippen molar-refractivity contribution in [3.05, 3.63) is 102 Å². The Balaban J connectivity index is 1.84. The zero-order chi connectivity index (χ0) is 18.3. The van der Waals surface area contributed by atoms with Gasteiger partial charge in [-0.15, -0.1) is 0 Å². The average molecular weight is 356 g/mol. The van der Waals surface area contributed by atoms with Gasteiger partial charge in [-0.2, -0.15) is 0 Å². The van der Waals surface area contributed by atoms with E-state index in [4.69, 9.17) is 9.73 Å². The summed E-state index contributed by atoms with van der Waals surface area (Å²) in [5.74, 6) is 1.17. The van der Waals surface area contributed by atoms with E-state index < -0.39 is 0 Å². The third-order valence-corrected chi connectivity index (χ3v) is 4.86. The van der Waals surface area contributed by atoms with E-state index in [1.807, 2.05) is 18.2 Å². The summed E-state index contributed by atoms with van der Waals surface area (Å²) in [7, 11) is 0. The molecule has 0 amide bonds. The molecule has 1 aliphatic rings. The highest BCUT2D eigenvalue weighted by atomic mass is 16.5. The fourth-order valence-electron chi connectivity index (χ4n) is 3.53. The Labute approximate surface area is 160 Å². The van der Waals surface area contributed by atoms with Gasteiger partial charge in [0.05, 0.1) is 24.8 Å². The van der Waals surface area contributed by atoms with Crippen molar-refractivity contribution in [2.24, 2.45) is 4.99 Å². The van der Waals surface area contributed by atoms with E-state index in [0.717, 1.165) is 37.8 Å². The molecule has 4 rings (SSSR count). The average Bonchev–Trinajstić information content (AvgIpc) is 2.76. The molecule has 1 saturated heterocycles. The van der Waals surface area contributed by atoms with Crippen LogP contribution in [0.4, 0.5) is 5.69 Å². The number of rotatable bonds is 4. The van der Waals surface area contributed by atoms with Gasteiger partial charge >= 0.3 is 0 Å². The zero-order valence-corrected chi connectivity index (χ0v) is 15.4. The topological polar surface area (TPSA) is 24.8 Å². The molecule has 3 heteroatoms. The van der Waals surface area contributed by atoms with Gasteiger partial charge in [-0.3, -0.25) is 0 Å². The third kappa shape index (κ3) is 4.26. The van der Waals surface area contributed by atoms with Gasteiger partial charge in [0, 0.05) is 13.1 Å². The molecule has 1 fully saturated rings. The first-order valence-electron chi connectivity index (χ1n) is 9.48. The molecule has 0 aliphatic carbocycles. The first kappa shape index (κ1) is 17.5. The van der Waals surface area contributed by atoms with E-state index in [2.05, 4.69) is 77.7 Å². The predicted molar refractivity (Wildman–Crippen MR) is 111 cm³/mol. The van der Waals surface area contributed by atoms with Crippen LogP contribution in [-0.4, -0.2) is 37.0 Å². The van der Waals surface area contributed by atoms with E-state index in [1.165, 1.54) is 11.1 Å². The number of para-hydroxylation sites is 1. The summed E-state index contributed by atoms with van der Waals surface area (Å²) in [6.45, 7) is 3.21. The standard InChI is InChI=1S/C24H24N2O/c1-4-10-20(11-5-1)23(21-12-6-2-7-13-21)24(26-16-18-27-19-17-26)25-22-14-8-3-9-15-22/h1-15,23H,16-19H2. The number of amidine groups is 1. The number of aliphatic imine (C=N–C) groups is 1. The second kappa shape index (κ2) is 8.65. The summed E-state index contributed by atoms with van der Waals surface area (Å²) in [6, 6.07) is 31.5. The maximum Gasteiger partial charge on any atom is 0.117 e. The van der Waals surface area contributed by atoms with Crippen molar-refractivity contribution in [1.29, 1.82) is 0 Å². The lowest BCUT2D eigenvalue weighted by atomic mass is 9.89. The van der Waals surface area contributed by atoms with Crippen LogP contribution in [0.1, 0.15) is 17.0 Å². The van der Waals surface area contributed by atoms with Crippen molar-refractivity contribution < 1.29 is 4.74 Å². The summed E-state index contributed by atoms with van der Waals surface area (Å²) in [5.41, 5.74) is 3.49. The van der Waals surface area contributed by atoms with Crippen LogP contribution in [0.15, 0.2) is 96.0 Å². The number of morpholine rings is 1. The molecule has 3 aromatic carbocycles. The monoisotopic (exact) mass is 356 g/mol. The van der Waals surface area contributed by atoms with Gasteiger partial charge in [0.2, 0.25) is 0 Å². The van der Waals surface area contributed by atoms with Crippen LogP contribution in [0.3, 0.4) is 0 Å². The van der Waals surface area contributed by atoms with Crippen LogP contribution in [0, 0.1) is 0 Å². The van der Waals surface area contributed by atoms with Gasteiger partial charge < -0.3 is 9.64 Å². The van der Waals surface area contributed by atoms with Gasteiger partial charge in [0.1, 0.15) is 5.84 Å². The number of ether oxygens (including phenoxy) is 1. The molecule has 3 aromatic rings. The van der Waals surface area contributed by atoms with E-state index in [1.54, 1.807) is 0 Å². The third-order valence-electron chi connectivity index (χ3n) is 4.86. The molecule has 0 atom stereocenters. The van der Waals surface area contributed by atoms with E-state index in [-0.39, 0.29) is 5.92 Å². The number of nitrogens with zero attached hydrogens (tertiary/aromatic N) is 2. The minimum atomic E-state index is 0.0886. The molecule has 0 bridgehead atoms. The normalized spacial score (nSPS) is 15.1. The fraction of sp³-hybridized carbons (Fsp3) is 0.208.